The van der Waals surface area contributed by atoms with E-state index in [1.807, 2.05) is 12.1 Å². The third-order valence-electron chi connectivity index (χ3n) is 3.18. The van der Waals surface area contributed by atoms with Crippen LogP contribution in [0.15, 0.2) is 18.3 Å². The number of rotatable bonds is 2. The zero-order valence-electron chi connectivity index (χ0n) is 9.56. The number of fused-ring (bicyclic) bond motifs is 1. The fourth-order valence-electron chi connectivity index (χ4n) is 2.31. The summed E-state index contributed by atoms with van der Waals surface area (Å²) in [5, 5.41) is 8.64. The Hall–Kier alpha value is -1.13. The minimum absolute atomic E-state index is 0.525. The largest absolute Gasteiger partial charge is 0.314 e. The van der Waals surface area contributed by atoms with Gasteiger partial charge < -0.3 is 5.32 Å². The molecule has 5 heteroatoms. The van der Waals surface area contributed by atoms with Gasteiger partial charge in [0.05, 0.1) is 5.02 Å². The highest BCUT2D eigenvalue weighted by atomic mass is 35.5. The highest BCUT2D eigenvalue weighted by molar-refractivity contribution is 6.30. The Labute approximate surface area is 105 Å². The first kappa shape index (κ1) is 11.0. The Bertz CT molecular complexity index is 516. The smallest absolute Gasteiger partial charge is 0.155 e. The van der Waals surface area contributed by atoms with E-state index in [0.29, 0.717) is 11.1 Å². The Balaban J connectivity index is 1.80. The molecule has 0 aromatic carbocycles. The lowest BCUT2D eigenvalue weighted by molar-refractivity contribution is 0.394. The Morgan fingerprint density at radius 2 is 2.35 bits per heavy atom. The summed E-state index contributed by atoms with van der Waals surface area (Å²) in [5.41, 5.74) is 0.861. The van der Waals surface area contributed by atoms with E-state index in [1.165, 1.54) is 19.3 Å². The Morgan fingerprint density at radius 1 is 1.41 bits per heavy atom. The van der Waals surface area contributed by atoms with Crippen molar-refractivity contribution in [3.63, 3.8) is 0 Å². The second-order valence-electron chi connectivity index (χ2n) is 4.53. The van der Waals surface area contributed by atoms with Crippen molar-refractivity contribution in [3.05, 3.63) is 29.2 Å². The molecule has 0 amide bonds. The fourth-order valence-corrected chi connectivity index (χ4v) is 2.46. The van der Waals surface area contributed by atoms with Gasteiger partial charge in [-0.05, 0) is 31.5 Å². The van der Waals surface area contributed by atoms with Gasteiger partial charge in [0, 0.05) is 18.7 Å². The minimum Gasteiger partial charge on any atom is -0.314 e. The van der Waals surface area contributed by atoms with Gasteiger partial charge in [-0.2, -0.15) is 5.10 Å². The molecule has 90 valence electrons. The van der Waals surface area contributed by atoms with Gasteiger partial charge in [-0.15, -0.1) is 0 Å². The van der Waals surface area contributed by atoms with E-state index in [1.54, 1.807) is 10.7 Å². The van der Waals surface area contributed by atoms with Crippen molar-refractivity contribution in [1.82, 2.24) is 19.9 Å². The maximum atomic E-state index is 5.92. The van der Waals surface area contributed by atoms with Crippen molar-refractivity contribution in [2.75, 3.05) is 6.54 Å². The summed E-state index contributed by atoms with van der Waals surface area (Å²) in [7, 11) is 0. The number of pyridine rings is 1. The number of hydrogen-bond acceptors (Lipinski definition) is 3. The molecule has 2 aromatic rings. The van der Waals surface area contributed by atoms with E-state index in [0.717, 1.165) is 24.4 Å². The van der Waals surface area contributed by atoms with Crippen LogP contribution in [0.3, 0.4) is 0 Å². The predicted octanol–water partition coefficient (Wildman–Crippen LogP) is 2.07. The van der Waals surface area contributed by atoms with E-state index in [-0.39, 0.29) is 0 Å². The van der Waals surface area contributed by atoms with Crippen LogP contribution in [0.25, 0.3) is 5.65 Å². The number of aromatic nitrogens is 3. The molecule has 0 radical (unpaired) electrons. The number of piperidine rings is 1. The molecule has 2 aromatic heterocycles. The summed E-state index contributed by atoms with van der Waals surface area (Å²) in [4.78, 5) is 4.50. The van der Waals surface area contributed by atoms with Crippen LogP contribution in [0.5, 0.6) is 0 Å². The van der Waals surface area contributed by atoms with Crippen molar-refractivity contribution >= 4 is 17.2 Å². The number of nitrogens with zero attached hydrogens (tertiary/aromatic N) is 3. The van der Waals surface area contributed by atoms with E-state index in [4.69, 9.17) is 11.6 Å². The molecule has 0 spiro atoms. The van der Waals surface area contributed by atoms with Gasteiger partial charge in [0.15, 0.2) is 11.5 Å². The van der Waals surface area contributed by atoms with Crippen LogP contribution in [0.2, 0.25) is 5.02 Å². The molecular weight excluding hydrogens is 236 g/mol. The van der Waals surface area contributed by atoms with E-state index in [2.05, 4.69) is 15.4 Å². The SMILES string of the molecule is Clc1ccc2nc(CC3CCCCN3)nn2c1. The van der Waals surface area contributed by atoms with E-state index >= 15 is 0 Å². The van der Waals surface area contributed by atoms with Gasteiger partial charge in [0.1, 0.15) is 0 Å². The zero-order valence-corrected chi connectivity index (χ0v) is 10.3. The van der Waals surface area contributed by atoms with Crippen molar-refractivity contribution < 1.29 is 0 Å². The summed E-state index contributed by atoms with van der Waals surface area (Å²) in [6.45, 7) is 1.11. The van der Waals surface area contributed by atoms with Crippen LogP contribution >= 0.6 is 11.6 Å². The van der Waals surface area contributed by atoms with Crippen molar-refractivity contribution in [2.24, 2.45) is 0 Å². The number of hydrogen-bond donors (Lipinski definition) is 1. The molecule has 1 saturated heterocycles. The van der Waals surface area contributed by atoms with Gasteiger partial charge in [0.2, 0.25) is 0 Å². The monoisotopic (exact) mass is 250 g/mol. The molecule has 0 aliphatic carbocycles. The molecule has 1 fully saturated rings. The third kappa shape index (κ3) is 2.42. The average molecular weight is 251 g/mol. The molecule has 0 saturated carbocycles. The Morgan fingerprint density at radius 3 is 3.18 bits per heavy atom. The second-order valence-corrected chi connectivity index (χ2v) is 4.97. The molecule has 4 nitrogen and oxygen atoms in total. The van der Waals surface area contributed by atoms with Gasteiger partial charge >= 0.3 is 0 Å². The van der Waals surface area contributed by atoms with Crippen molar-refractivity contribution in [1.29, 1.82) is 0 Å². The molecule has 1 unspecified atom stereocenters. The van der Waals surface area contributed by atoms with Crippen LogP contribution in [-0.2, 0) is 6.42 Å². The normalized spacial score (nSPS) is 20.9. The molecular formula is C12H15ClN4. The first-order chi connectivity index (χ1) is 8.31. The fraction of sp³-hybridized carbons (Fsp3) is 0.500. The van der Waals surface area contributed by atoms with Crippen LogP contribution < -0.4 is 5.32 Å². The lowest BCUT2D eigenvalue weighted by atomic mass is 10.0. The number of halogens is 1. The topological polar surface area (TPSA) is 42.2 Å². The Kier molecular flexibility index (Phi) is 2.99. The second kappa shape index (κ2) is 4.63. The van der Waals surface area contributed by atoms with Gasteiger partial charge in [-0.25, -0.2) is 9.50 Å². The number of nitrogens with one attached hydrogen (secondary N) is 1. The first-order valence-electron chi connectivity index (χ1n) is 6.05. The third-order valence-corrected chi connectivity index (χ3v) is 3.40. The summed E-state index contributed by atoms with van der Waals surface area (Å²) in [5.74, 6) is 0.895. The molecule has 3 rings (SSSR count). The van der Waals surface area contributed by atoms with Crippen LogP contribution in [0.4, 0.5) is 0 Å². The van der Waals surface area contributed by atoms with E-state index in [9.17, 15) is 0 Å². The molecule has 17 heavy (non-hydrogen) atoms. The van der Waals surface area contributed by atoms with E-state index < -0.39 is 0 Å². The highest BCUT2D eigenvalue weighted by Crippen LogP contribution is 2.13. The van der Waals surface area contributed by atoms with Crippen LogP contribution in [0, 0.1) is 0 Å². The summed E-state index contributed by atoms with van der Waals surface area (Å²) >= 11 is 5.92. The van der Waals surface area contributed by atoms with Crippen molar-refractivity contribution in [3.8, 4) is 0 Å². The average Bonchev–Trinajstić information content (AvgIpc) is 2.71. The first-order valence-corrected chi connectivity index (χ1v) is 6.43. The molecule has 1 aliphatic heterocycles. The summed E-state index contributed by atoms with van der Waals surface area (Å²) in [6, 6.07) is 4.26. The lowest BCUT2D eigenvalue weighted by Gasteiger charge is -2.21. The maximum Gasteiger partial charge on any atom is 0.155 e. The van der Waals surface area contributed by atoms with Gasteiger partial charge in [0.25, 0.3) is 0 Å². The van der Waals surface area contributed by atoms with Crippen LogP contribution in [-0.4, -0.2) is 27.2 Å². The predicted molar refractivity (Wildman–Crippen MR) is 67.3 cm³/mol. The van der Waals surface area contributed by atoms with Gasteiger partial charge in [-0.1, -0.05) is 18.0 Å². The summed E-state index contributed by atoms with van der Waals surface area (Å²) in [6.07, 6.45) is 6.50. The quantitative estimate of drug-likeness (QED) is 0.887. The van der Waals surface area contributed by atoms with Crippen LogP contribution in [0.1, 0.15) is 25.1 Å². The maximum absolute atomic E-state index is 5.92. The highest BCUT2D eigenvalue weighted by Gasteiger charge is 2.15. The molecule has 1 N–H and O–H groups in total. The molecule has 0 bridgehead atoms. The molecule has 1 aliphatic rings. The minimum atomic E-state index is 0.525. The van der Waals surface area contributed by atoms with Crippen molar-refractivity contribution in [2.45, 2.75) is 31.7 Å². The summed E-state index contributed by atoms with van der Waals surface area (Å²) < 4.78 is 1.75. The zero-order chi connectivity index (χ0) is 11.7. The standard InChI is InChI=1S/C12H15ClN4/c13-9-4-5-12-15-11(16-17(12)8-9)7-10-3-1-2-6-14-10/h4-5,8,10,14H,1-3,6-7H2. The van der Waals surface area contributed by atoms with Gasteiger partial charge in [-0.3, -0.25) is 0 Å². The molecule has 1 atom stereocenters. The molecule has 3 heterocycles. The lowest BCUT2D eigenvalue weighted by Crippen LogP contribution is -2.35.